The van der Waals surface area contributed by atoms with Crippen molar-refractivity contribution in [1.29, 1.82) is 0 Å². The molecular weight excluding hydrogens is 382 g/mol. The highest BCUT2D eigenvalue weighted by Gasteiger charge is 2.27. The fourth-order valence-electron chi connectivity index (χ4n) is 3.83. The number of hydrogen-bond acceptors (Lipinski definition) is 5. The van der Waals surface area contributed by atoms with Gasteiger partial charge in [-0.1, -0.05) is 19.4 Å². The van der Waals surface area contributed by atoms with Crippen molar-refractivity contribution in [3.63, 3.8) is 0 Å². The predicted octanol–water partition coefficient (Wildman–Crippen LogP) is 3.79. The van der Waals surface area contributed by atoms with E-state index < -0.39 is 0 Å². The lowest BCUT2D eigenvalue weighted by atomic mass is 10.1. The van der Waals surface area contributed by atoms with Gasteiger partial charge in [0.05, 0.1) is 23.4 Å². The quantitative estimate of drug-likeness (QED) is 0.553. The van der Waals surface area contributed by atoms with Gasteiger partial charge in [-0.15, -0.1) is 0 Å². The molecule has 0 saturated heterocycles. The Morgan fingerprint density at radius 2 is 2.03 bits per heavy atom. The highest BCUT2D eigenvalue weighted by molar-refractivity contribution is 6.01. The molecule has 7 heteroatoms. The highest BCUT2D eigenvalue weighted by Crippen LogP contribution is 2.32. The van der Waals surface area contributed by atoms with Gasteiger partial charge >= 0.3 is 0 Å². The van der Waals surface area contributed by atoms with Gasteiger partial charge in [0.25, 0.3) is 5.91 Å². The number of phenolic OH excluding ortho intramolecular Hbond substituents is 1. The minimum absolute atomic E-state index is 0.0299. The Bertz CT molecular complexity index is 1060. The number of nitrogens with one attached hydrogen (secondary N) is 1. The number of ether oxygens (including phenoxy) is 2. The van der Waals surface area contributed by atoms with E-state index in [4.69, 9.17) is 9.47 Å². The van der Waals surface area contributed by atoms with Crippen molar-refractivity contribution in [2.24, 2.45) is 0 Å². The van der Waals surface area contributed by atoms with E-state index in [1.165, 1.54) is 0 Å². The standard InChI is InChI=1S/C23H27N3O4/c1-3-4-5-20-18-11-19(22(27)12-21(18)25-24-20)23(28)26-13-15-6-7-17(10-16(15)14-26)30-9-8-29-2/h6-7,10-12,27H,3-5,8-9,13-14H2,1-2H3,(H,24,25). The molecule has 7 nitrogen and oxygen atoms in total. The van der Waals surface area contributed by atoms with E-state index in [-0.39, 0.29) is 11.7 Å². The van der Waals surface area contributed by atoms with Crippen molar-refractivity contribution in [1.82, 2.24) is 15.1 Å². The molecule has 0 aliphatic carbocycles. The van der Waals surface area contributed by atoms with Gasteiger partial charge < -0.3 is 19.5 Å². The van der Waals surface area contributed by atoms with Gasteiger partial charge in [0.15, 0.2) is 0 Å². The van der Waals surface area contributed by atoms with Crippen molar-refractivity contribution in [3.05, 3.63) is 52.7 Å². The minimum atomic E-state index is -0.185. The summed E-state index contributed by atoms with van der Waals surface area (Å²) < 4.78 is 10.7. The van der Waals surface area contributed by atoms with E-state index in [0.29, 0.717) is 31.9 Å². The number of methoxy groups -OCH3 is 1. The fraction of sp³-hybridized carbons (Fsp3) is 0.391. The molecule has 0 bridgehead atoms. The summed E-state index contributed by atoms with van der Waals surface area (Å²) in [6.07, 6.45) is 2.94. The molecule has 0 spiro atoms. The van der Waals surface area contributed by atoms with Crippen molar-refractivity contribution >= 4 is 16.8 Å². The van der Waals surface area contributed by atoms with Crippen LogP contribution in [0.3, 0.4) is 0 Å². The molecule has 1 amide bonds. The highest BCUT2D eigenvalue weighted by atomic mass is 16.5. The number of aromatic hydroxyl groups is 1. The summed E-state index contributed by atoms with van der Waals surface area (Å²) in [4.78, 5) is 15.0. The summed E-state index contributed by atoms with van der Waals surface area (Å²) in [5.74, 6) is 0.552. The van der Waals surface area contributed by atoms with Gasteiger partial charge in [0, 0.05) is 31.7 Å². The topological polar surface area (TPSA) is 87.7 Å². The third kappa shape index (κ3) is 3.98. The zero-order valence-electron chi connectivity index (χ0n) is 17.4. The number of nitrogens with zero attached hydrogens (tertiary/aromatic N) is 2. The Hall–Kier alpha value is -3.06. The lowest BCUT2D eigenvalue weighted by Gasteiger charge is -2.16. The third-order valence-electron chi connectivity index (χ3n) is 5.50. The lowest BCUT2D eigenvalue weighted by molar-refractivity contribution is 0.0748. The molecule has 2 N–H and O–H groups in total. The maximum absolute atomic E-state index is 13.2. The molecule has 158 valence electrons. The smallest absolute Gasteiger partial charge is 0.258 e. The Balaban J connectivity index is 1.54. The first-order valence-corrected chi connectivity index (χ1v) is 10.3. The van der Waals surface area contributed by atoms with Crippen LogP contribution in [-0.2, 0) is 24.2 Å². The molecule has 1 aliphatic heterocycles. The molecule has 1 aliphatic rings. The van der Waals surface area contributed by atoms with Crippen LogP contribution in [-0.4, -0.2) is 46.4 Å². The number of hydrogen-bond donors (Lipinski definition) is 2. The number of aromatic nitrogens is 2. The van der Waals surface area contributed by atoms with E-state index in [0.717, 1.165) is 52.7 Å². The second-order valence-corrected chi connectivity index (χ2v) is 7.62. The van der Waals surface area contributed by atoms with Crippen LogP contribution in [0.1, 0.15) is 46.9 Å². The summed E-state index contributed by atoms with van der Waals surface area (Å²) in [7, 11) is 1.64. The molecule has 0 atom stereocenters. The number of benzene rings is 2. The van der Waals surface area contributed by atoms with Crippen molar-refractivity contribution in [2.45, 2.75) is 39.3 Å². The summed E-state index contributed by atoms with van der Waals surface area (Å²) in [6, 6.07) is 9.24. The SMILES string of the molecule is CCCCc1n[nH]c2cc(O)c(C(=O)N3Cc4ccc(OCCOC)cc4C3)cc12. The molecule has 0 fully saturated rings. The van der Waals surface area contributed by atoms with Gasteiger partial charge in [0.2, 0.25) is 0 Å². The Labute approximate surface area is 175 Å². The zero-order valence-corrected chi connectivity index (χ0v) is 17.4. The van der Waals surface area contributed by atoms with Crippen molar-refractivity contribution < 1.29 is 19.4 Å². The number of fused-ring (bicyclic) bond motifs is 2. The van der Waals surface area contributed by atoms with Crippen LogP contribution in [0.2, 0.25) is 0 Å². The Kier molecular flexibility index (Phi) is 5.90. The summed E-state index contributed by atoms with van der Waals surface area (Å²) >= 11 is 0. The van der Waals surface area contributed by atoms with Crippen LogP contribution in [0, 0.1) is 0 Å². The van der Waals surface area contributed by atoms with Crippen LogP contribution in [0.25, 0.3) is 10.9 Å². The molecule has 2 heterocycles. The monoisotopic (exact) mass is 409 g/mol. The van der Waals surface area contributed by atoms with Crippen molar-refractivity contribution in [2.75, 3.05) is 20.3 Å². The maximum atomic E-state index is 13.2. The largest absolute Gasteiger partial charge is 0.507 e. The van der Waals surface area contributed by atoms with Crippen LogP contribution in [0.4, 0.5) is 0 Å². The first-order valence-electron chi connectivity index (χ1n) is 10.3. The first kappa shape index (κ1) is 20.2. The summed E-state index contributed by atoms with van der Waals surface area (Å²) in [6.45, 7) is 4.14. The minimum Gasteiger partial charge on any atom is -0.507 e. The first-order chi connectivity index (χ1) is 14.6. The van der Waals surface area contributed by atoms with Gasteiger partial charge in [-0.25, -0.2) is 0 Å². The molecule has 0 unspecified atom stereocenters. The van der Waals surface area contributed by atoms with Crippen LogP contribution in [0.15, 0.2) is 30.3 Å². The fourth-order valence-corrected chi connectivity index (χ4v) is 3.83. The molecule has 0 radical (unpaired) electrons. The number of rotatable bonds is 8. The molecule has 30 heavy (non-hydrogen) atoms. The van der Waals surface area contributed by atoms with E-state index in [2.05, 4.69) is 17.1 Å². The van der Waals surface area contributed by atoms with Gasteiger partial charge in [0.1, 0.15) is 18.1 Å². The summed E-state index contributed by atoms with van der Waals surface area (Å²) in [5, 5.41) is 18.7. The van der Waals surface area contributed by atoms with Crippen LogP contribution < -0.4 is 4.74 Å². The lowest BCUT2D eigenvalue weighted by Crippen LogP contribution is -2.25. The molecule has 0 saturated carbocycles. The molecule has 1 aromatic heterocycles. The number of carbonyl (C=O) groups is 1. The number of amides is 1. The normalized spacial score (nSPS) is 13.1. The Morgan fingerprint density at radius 1 is 1.20 bits per heavy atom. The van der Waals surface area contributed by atoms with E-state index >= 15 is 0 Å². The van der Waals surface area contributed by atoms with Gasteiger partial charge in [-0.2, -0.15) is 5.10 Å². The van der Waals surface area contributed by atoms with E-state index in [1.54, 1.807) is 24.1 Å². The van der Waals surface area contributed by atoms with E-state index in [1.807, 2.05) is 18.2 Å². The average molecular weight is 409 g/mol. The van der Waals surface area contributed by atoms with Gasteiger partial charge in [-0.3, -0.25) is 9.89 Å². The molecular formula is C23H27N3O4. The number of unbranched alkanes of at least 4 members (excludes halogenated alkanes) is 1. The second kappa shape index (κ2) is 8.75. The van der Waals surface area contributed by atoms with Crippen LogP contribution in [0.5, 0.6) is 11.5 Å². The van der Waals surface area contributed by atoms with E-state index in [9.17, 15) is 9.90 Å². The zero-order chi connectivity index (χ0) is 21.1. The maximum Gasteiger partial charge on any atom is 0.258 e. The molecule has 3 aromatic rings. The second-order valence-electron chi connectivity index (χ2n) is 7.62. The number of aryl methyl sites for hydroxylation is 1. The molecule has 2 aromatic carbocycles. The predicted molar refractivity (Wildman–Crippen MR) is 114 cm³/mol. The number of H-pyrrole nitrogens is 1. The van der Waals surface area contributed by atoms with Gasteiger partial charge in [-0.05, 0) is 42.2 Å². The number of carbonyl (C=O) groups excluding carboxylic acids is 1. The van der Waals surface area contributed by atoms with Crippen molar-refractivity contribution in [3.8, 4) is 11.5 Å². The third-order valence-corrected chi connectivity index (χ3v) is 5.50. The Morgan fingerprint density at radius 3 is 2.83 bits per heavy atom. The van der Waals surface area contributed by atoms with Crippen LogP contribution >= 0.6 is 0 Å². The number of aromatic amines is 1. The number of phenols is 1. The molecule has 4 rings (SSSR count). The summed E-state index contributed by atoms with van der Waals surface area (Å²) in [5.41, 5.74) is 4.15. The average Bonchev–Trinajstić information content (AvgIpc) is 3.34.